The van der Waals surface area contributed by atoms with E-state index in [2.05, 4.69) is 50.6 Å². The maximum absolute atomic E-state index is 9.59. The Morgan fingerprint density at radius 3 is 3.00 bits per heavy atom. The van der Waals surface area contributed by atoms with Crippen molar-refractivity contribution in [3.63, 3.8) is 0 Å². The largest absolute Gasteiger partial charge is 0.508 e. The third kappa shape index (κ3) is 3.26. The molecule has 1 aromatic rings. The third-order valence-corrected chi connectivity index (χ3v) is 4.25. The van der Waals surface area contributed by atoms with E-state index in [-0.39, 0.29) is 0 Å². The number of aromatic hydroxyl groups is 1. The molecule has 0 saturated heterocycles. The van der Waals surface area contributed by atoms with E-state index >= 15 is 0 Å². The minimum atomic E-state index is 0.393. The molecule has 0 spiro atoms. The van der Waals surface area contributed by atoms with Gasteiger partial charge in [-0.25, -0.2) is 0 Å². The highest BCUT2D eigenvalue weighted by Gasteiger charge is 2.22. The Kier molecular flexibility index (Phi) is 5.06. The van der Waals surface area contributed by atoms with Crippen LogP contribution in [0.25, 0.3) is 0 Å². The number of phenols is 1. The highest BCUT2D eigenvalue weighted by atomic mass is 127. The minimum absolute atomic E-state index is 0.393. The first-order valence-corrected chi connectivity index (χ1v) is 7.79. The molecule has 0 saturated carbocycles. The quantitative estimate of drug-likeness (QED) is 0.834. The van der Waals surface area contributed by atoms with Crippen molar-refractivity contribution >= 4 is 22.6 Å². The molecule has 0 amide bonds. The van der Waals surface area contributed by atoms with Gasteiger partial charge in [-0.05, 0) is 53.1 Å². The summed E-state index contributed by atoms with van der Waals surface area (Å²) in [5, 5.41) is 9.59. The first kappa shape index (κ1) is 13.9. The highest BCUT2D eigenvalue weighted by molar-refractivity contribution is 14.1. The van der Waals surface area contributed by atoms with Gasteiger partial charge >= 0.3 is 0 Å². The summed E-state index contributed by atoms with van der Waals surface area (Å²) in [6.45, 7) is 4.33. The molecule has 18 heavy (non-hydrogen) atoms. The van der Waals surface area contributed by atoms with E-state index < -0.39 is 0 Å². The number of hydrogen-bond acceptors (Lipinski definition) is 2. The first-order valence-electron chi connectivity index (χ1n) is 6.54. The molecular weight excluding hydrogens is 337 g/mol. The van der Waals surface area contributed by atoms with Crippen LogP contribution in [0.2, 0.25) is 0 Å². The highest BCUT2D eigenvalue weighted by Crippen LogP contribution is 2.27. The van der Waals surface area contributed by atoms with Crippen LogP contribution in [0.15, 0.2) is 28.4 Å². The summed E-state index contributed by atoms with van der Waals surface area (Å²) >= 11 is 2.27. The molecule has 0 bridgehead atoms. The number of halogens is 1. The zero-order valence-electron chi connectivity index (χ0n) is 10.8. The SMILES string of the molecule is CCN(C/C=C/I)[C@@H]1CCc2ccc(O)cc2C1. The van der Waals surface area contributed by atoms with Crippen LogP contribution in [0.5, 0.6) is 5.75 Å². The normalized spacial score (nSPS) is 19.4. The number of hydrogen-bond donors (Lipinski definition) is 1. The van der Waals surface area contributed by atoms with Crippen LogP contribution in [0.3, 0.4) is 0 Å². The van der Waals surface area contributed by atoms with Crippen LogP contribution in [0.4, 0.5) is 0 Å². The van der Waals surface area contributed by atoms with Gasteiger partial charge in [0.05, 0.1) is 0 Å². The maximum atomic E-state index is 9.59. The summed E-state index contributed by atoms with van der Waals surface area (Å²) < 4.78 is 2.09. The van der Waals surface area contributed by atoms with Gasteiger partial charge in [0.1, 0.15) is 5.75 Å². The van der Waals surface area contributed by atoms with Crippen molar-refractivity contribution in [3.8, 4) is 5.75 Å². The molecule has 0 heterocycles. The fourth-order valence-electron chi connectivity index (χ4n) is 2.75. The molecular formula is C15H20INO. The topological polar surface area (TPSA) is 23.5 Å². The van der Waals surface area contributed by atoms with E-state index in [0.29, 0.717) is 11.8 Å². The Bertz CT molecular complexity index is 431. The van der Waals surface area contributed by atoms with Crippen LogP contribution in [-0.2, 0) is 12.8 Å². The van der Waals surface area contributed by atoms with Gasteiger partial charge in [0.15, 0.2) is 0 Å². The second-order valence-electron chi connectivity index (χ2n) is 4.80. The Morgan fingerprint density at radius 2 is 2.28 bits per heavy atom. The van der Waals surface area contributed by atoms with Crippen LogP contribution >= 0.6 is 22.6 Å². The molecule has 1 aliphatic rings. The standard InChI is InChI=1S/C15H20INO/c1-2-17(9-3-8-16)14-6-4-12-5-7-15(18)11-13(12)10-14/h3,5,7-8,11,14,18H,2,4,6,9-10H2,1H3/b8-3+/t14-/m1/s1. The first-order chi connectivity index (χ1) is 8.74. The Labute approximate surface area is 123 Å². The van der Waals surface area contributed by atoms with Gasteiger partial charge in [0.25, 0.3) is 0 Å². The van der Waals surface area contributed by atoms with Gasteiger partial charge in [-0.15, -0.1) is 0 Å². The molecule has 98 valence electrons. The lowest BCUT2D eigenvalue weighted by Crippen LogP contribution is -2.39. The van der Waals surface area contributed by atoms with Gasteiger partial charge < -0.3 is 5.11 Å². The molecule has 0 unspecified atom stereocenters. The smallest absolute Gasteiger partial charge is 0.115 e. The van der Waals surface area contributed by atoms with Crippen molar-refractivity contribution in [3.05, 3.63) is 39.5 Å². The number of benzene rings is 1. The Balaban J connectivity index is 2.10. The van der Waals surface area contributed by atoms with Crippen LogP contribution in [-0.4, -0.2) is 29.1 Å². The van der Waals surface area contributed by atoms with E-state index in [1.807, 2.05) is 6.07 Å². The summed E-state index contributed by atoms with van der Waals surface area (Å²) in [4.78, 5) is 2.52. The predicted molar refractivity (Wildman–Crippen MR) is 84.3 cm³/mol. The summed E-state index contributed by atoms with van der Waals surface area (Å²) in [6.07, 6.45) is 5.63. The van der Waals surface area contributed by atoms with Gasteiger partial charge in [0.2, 0.25) is 0 Å². The van der Waals surface area contributed by atoms with Gasteiger partial charge in [0, 0.05) is 12.6 Å². The molecule has 0 aliphatic heterocycles. The molecule has 2 nitrogen and oxygen atoms in total. The minimum Gasteiger partial charge on any atom is -0.508 e. The van der Waals surface area contributed by atoms with E-state index in [1.165, 1.54) is 17.5 Å². The molecule has 3 heteroatoms. The van der Waals surface area contributed by atoms with Crippen LogP contribution in [0.1, 0.15) is 24.5 Å². The molecule has 0 aromatic heterocycles. The third-order valence-electron chi connectivity index (χ3n) is 3.74. The van der Waals surface area contributed by atoms with Gasteiger partial charge in [-0.1, -0.05) is 41.7 Å². The lowest BCUT2D eigenvalue weighted by molar-refractivity contribution is 0.209. The number of likely N-dealkylation sites (N-methyl/N-ethyl adjacent to an activating group) is 1. The Morgan fingerprint density at radius 1 is 1.44 bits per heavy atom. The Hall–Kier alpha value is -0.550. The summed E-state index contributed by atoms with van der Waals surface area (Å²) in [6, 6.07) is 6.41. The zero-order valence-corrected chi connectivity index (χ0v) is 12.9. The molecule has 1 atom stereocenters. The van der Waals surface area contributed by atoms with Crippen molar-refractivity contribution in [1.29, 1.82) is 0 Å². The number of fused-ring (bicyclic) bond motifs is 1. The number of nitrogens with zero attached hydrogens (tertiary/aromatic N) is 1. The molecule has 0 fully saturated rings. The second-order valence-corrected chi connectivity index (χ2v) is 5.52. The summed E-state index contributed by atoms with van der Waals surface area (Å²) in [5.74, 6) is 0.393. The van der Waals surface area contributed by atoms with Crippen molar-refractivity contribution in [2.75, 3.05) is 13.1 Å². The average Bonchev–Trinajstić information content (AvgIpc) is 2.39. The van der Waals surface area contributed by atoms with Crippen LogP contribution in [0, 0.1) is 0 Å². The second kappa shape index (κ2) is 6.57. The van der Waals surface area contributed by atoms with Crippen molar-refractivity contribution in [2.45, 2.75) is 32.2 Å². The van der Waals surface area contributed by atoms with E-state index in [0.717, 1.165) is 25.9 Å². The van der Waals surface area contributed by atoms with Crippen molar-refractivity contribution in [1.82, 2.24) is 4.90 Å². The van der Waals surface area contributed by atoms with E-state index in [1.54, 1.807) is 6.07 Å². The van der Waals surface area contributed by atoms with E-state index in [4.69, 9.17) is 0 Å². The summed E-state index contributed by atoms with van der Waals surface area (Å²) in [5.41, 5.74) is 2.73. The molecule has 1 aromatic carbocycles. The molecule has 0 radical (unpaired) electrons. The molecule has 1 aliphatic carbocycles. The summed E-state index contributed by atoms with van der Waals surface area (Å²) in [7, 11) is 0. The average molecular weight is 357 g/mol. The lowest BCUT2D eigenvalue weighted by atomic mass is 9.87. The van der Waals surface area contributed by atoms with Crippen molar-refractivity contribution < 1.29 is 5.11 Å². The van der Waals surface area contributed by atoms with Gasteiger partial charge in [-0.3, -0.25) is 4.90 Å². The number of aryl methyl sites for hydroxylation is 1. The van der Waals surface area contributed by atoms with Crippen LogP contribution < -0.4 is 0 Å². The lowest BCUT2D eigenvalue weighted by Gasteiger charge is -2.33. The fourth-order valence-corrected chi connectivity index (χ4v) is 2.97. The van der Waals surface area contributed by atoms with Gasteiger partial charge in [-0.2, -0.15) is 0 Å². The number of rotatable bonds is 4. The molecule has 2 rings (SSSR count). The molecule has 1 N–H and O–H groups in total. The maximum Gasteiger partial charge on any atom is 0.115 e. The van der Waals surface area contributed by atoms with E-state index in [9.17, 15) is 5.11 Å². The monoisotopic (exact) mass is 357 g/mol. The fraction of sp³-hybridized carbons (Fsp3) is 0.467. The predicted octanol–water partition coefficient (Wildman–Crippen LogP) is 3.52. The number of phenolic OH excluding ortho intramolecular Hbond substituents is 1. The van der Waals surface area contributed by atoms with Crippen molar-refractivity contribution in [2.24, 2.45) is 0 Å². The zero-order chi connectivity index (χ0) is 13.0.